The Morgan fingerprint density at radius 1 is 0.968 bits per heavy atom. The maximum Gasteiger partial charge on any atom is 0.126 e. The minimum atomic E-state index is 0.419. The monoisotopic (exact) mass is 455 g/mol. The van der Waals surface area contributed by atoms with Crippen LogP contribution in [-0.2, 0) is 6.54 Å². The predicted octanol–water partition coefficient (Wildman–Crippen LogP) is 5.99. The first-order valence-corrected chi connectivity index (χ1v) is 11.4. The zero-order chi connectivity index (χ0) is 21.6. The molecule has 0 atom stereocenters. The Morgan fingerprint density at radius 2 is 1.77 bits per heavy atom. The van der Waals surface area contributed by atoms with Crippen LogP contribution in [0.1, 0.15) is 31.2 Å². The van der Waals surface area contributed by atoms with Crippen molar-refractivity contribution in [3.05, 3.63) is 70.3 Å². The van der Waals surface area contributed by atoms with Gasteiger partial charge < -0.3 is 16.4 Å². The number of nitrogens with one attached hydrogen (secondary N) is 2. The number of rotatable bonds is 7. The summed E-state index contributed by atoms with van der Waals surface area (Å²) in [5.74, 6) is 2.26. The summed E-state index contributed by atoms with van der Waals surface area (Å²) in [7, 11) is 0. The van der Waals surface area contributed by atoms with Crippen LogP contribution in [0.4, 0.5) is 11.6 Å². The van der Waals surface area contributed by atoms with Crippen LogP contribution in [0, 0.1) is 5.92 Å². The van der Waals surface area contributed by atoms with Gasteiger partial charge in [0.15, 0.2) is 0 Å². The molecule has 0 saturated heterocycles. The van der Waals surface area contributed by atoms with E-state index in [4.69, 9.17) is 33.9 Å². The van der Waals surface area contributed by atoms with Crippen molar-refractivity contribution in [3.63, 3.8) is 0 Å². The van der Waals surface area contributed by atoms with Crippen LogP contribution in [0.5, 0.6) is 0 Å². The van der Waals surface area contributed by atoms with Crippen LogP contribution in [0.3, 0.4) is 0 Å². The molecule has 1 aliphatic rings. The molecule has 7 heteroatoms. The molecule has 0 bridgehead atoms. The summed E-state index contributed by atoms with van der Waals surface area (Å²) in [4.78, 5) is 9.23. The molecule has 0 aliphatic heterocycles. The second-order valence-corrected chi connectivity index (χ2v) is 8.88. The van der Waals surface area contributed by atoms with Crippen molar-refractivity contribution < 1.29 is 0 Å². The van der Waals surface area contributed by atoms with Gasteiger partial charge in [0, 0.05) is 29.4 Å². The van der Waals surface area contributed by atoms with E-state index in [0.29, 0.717) is 23.5 Å². The normalized spacial score (nSPS) is 18.5. The maximum absolute atomic E-state index is 6.47. The predicted molar refractivity (Wildman–Crippen MR) is 130 cm³/mol. The van der Waals surface area contributed by atoms with Crippen LogP contribution >= 0.6 is 23.2 Å². The van der Waals surface area contributed by atoms with Crippen molar-refractivity contribution in [2.24, 2.45) is 11.7 Å². The van der Waals surface area contributed by atoms with Gasteiger partial charge in [0.05, 0.1) is 10.7 Å². The highest BCUT2D eigenvalue weighted by Gasteiger charge is 2.20. The van der Waals surface area contributed by atoms with Gasteiger partial charge in [-0.3, -0.25) is 0 Å². The smallest absolute Gasteiger partial charge is 0.126 e. The fourth-order valence-corrected chi connectivity index (χ4v) is 4.40. The number of hydrogen-bond acceptors (Lipinski definition) is 5. The summed E-state index contributed by atoms with van der Waals surface area (Å²) >= 11 is 12.5. The van der Waals surface area contributed by atoms with Gasteiger partial charge >= 0.3 is 0 Å². The lowest BCUT2D eigenvalue weighted by Gasteiger charge is -2.28. The van der Waals surface area contributed by atoms with Crippen LogP contribution in [-0.4, -0.2) is 22.6 Å². The average molecular weight is 456 g/mol. The van der Waals surface area contributed by atoms with Gasteiger partial charge in [-0.2, -0.15) is 0 Å². The van der Waals surface area contributed by atoms with E-state index in [2.05, 4.69) is 15.6 Å². The van der Waals surface area contributed by atoms with E-state index >= 15 is 0 Å². The van der Waals surface area contributed by atoms with Gasteiger partial charge in [-0.25, -0.2) is 9.97 Å². The summed E-state index contributed by atoms with van der Waals surface area (Å²) < 4.78 is 0. The van der Waals surface area contributed by atoms with E-state index in [9.17, 15) is 0 Å². The molecule has 0 unspecified atom stereocenters. The van der Waals surface area contributed by atoms with Crippen molar-refractivity contribution in [1.82, 2.24) is 9.97 Å². The van der Waals surface area contributed by atoms with Gasteiger partial charge in [0.1, 0.15) is 11.6 Å². The Bertz CT molecular complexity index is 1020. The Labute approximate surface area is 193 Å². The molecule has 1 fully saturated rings. The molecule has 2 heterocycles. The molecule has 0 radical (unpaired) electrons. The van der Waals surface area contributed by atoms with Crippen molar-refractivity contribution >= 4 is 34.8 Å². The number of aromatic nitrogens is 2. The zero-order valence-corrected chi connectivity index (χ0v) is 18.8. The number of nitrogens with two attached hydrogens (primary N) is 1. The molecule has 1 aromatic carbocycles. The summed E-state index contributed by atoms with van der Waals surface area (Å²) in [6.45, 7) is 1.42. The number of benzene rings is 1. The van der Waals surface area contributed by atoms with E-state index in [1.54, 1.807) is 6.20 Å². The van der Waals surface area contributed by atoms with Crippen LogP contribution in [0.15, 0.2) is 54.7 Å². The molecule has 1 saturated carbocycles. The standard InChI is InChI=1S/C24H27Cl2N5/c25-18-4-1-3-17(11-18)14-28-23-6-2-5-22(31-23)20-12-24(29-15-21(20)26)30-19-9-7-16(13-27)8-10-19/h1-6,11-12,15-16,19H,7-10,13-14,27H2,(H,28,31)(H,29,30). The fraction of sp³-hybridized carbons (Fsp3) is 0.333. The van der Waals surface area contributed by atoms with Crippen molar-refractivity contribution in [3.8, 4) is 11.3 Å². The SMILES string of the molecule is NCC1CCC(Nc2cc(-c3cccc(NCc4cccc(Cl)c4)n3)c(Cl)cn2)CC1. The molecular weight excluding hydrogens is 429 g/mol. The molecule has 0 spiro atoms. The van der Waals surface area contributed by atoms with Crippen molar-refractivity contribution in [2.45, 2.75) is 38.3 Å². The second-order valence-electron chi connectivity index (χ2n) is 8.04. The molecule has 31 heavy (non-hydrogen) atoms. The largest absolute Gasteiger partial charge is 0.367 e. The molecule has 3 aromatic rings. The Hall–Kier alpha value is -2.34. The van der Waals surface area contributed by atoms with Gasteiger partial charge in [-0.1, -0.05) is 41.4 Å². The number of nitrogens with zero attached hydrogens (tertiary/aromatic N) is 2. The number of halogens is 2. The highest BCUT2D eigenvalue weighted by Crippen LogP contribution is 2.31. The van der Waals surface area contributed by atoms with E-state index in [0.717, 1.165) is 65.7 Å². The third-order valence-electron chi connectivity index (χ3n) is 5.78. The minimum Gasteiger partial charge on any atom is -0.367 e. The molecule has 0 amide bonds. The van der Waals surface area contributed by atoms with Gasteiger partial charge in [0.2, 0.25) is 0 Å². The number of anilines is 2. The lowest BCUT2D eigenvalue weighted by molar-refractivity contribution is 0.344. The summed E-state index contributed by atoms with van der Waals surface area (Å²) in [5, 5.41) is 8.22. The molecule has 2 aromatic heterocycles. The van der Waals surface area contributed by atoms with E-state index in [1.807, 2.05) is 48.5 Å². The highest BCUT2D eigenvalue weighted by molar-refractivity contribution is 6.33. The molecule has 162 valence electrons. The van der Waals surface area contributed by atoms with Gasteiger partial charge in [0.25, 0.3) is 0 Å². The summed E-state index contributed by atoms with van der Waals surface area (Å²) in [6, 6.07) is 16.1. The Balaban J connectivity index is 1.46. The third-order valence-corrected chi connectivity index (χ3v) is 6.31. The average Bonchev–Trinajstić information content (AvgIpc) is 2.80. The van der Waals surface area contributed by atoms with Crippen LogP contribution < -0.4 is 16.4 Å². The minimum absolute atomic E-state index is 0.419. The first-order chi connectivity index (χ1) is 15.1. The van der Waals surface area contributed by atoms with Crippen LogP contribution in [0.2, 0.25) is 10.0 Å². The lowest BCUT2D eigenvalue weighted by Crippen LogP contribution is -2.29. The van der Waals surface area contributed by atoms with E-state index < -0.39 is 0 Å². The van der Waals surface area contributed by atoms with Crippen molar-refractivity contribution in [2.75, 3.05) is 17.2 Å². The van der Waals surface area contributed by atoms with Gasteiger partial charge in [-0.05, 0) is 74.0 Å². The molecule has 5 nitrogen and oxygen atoms in total. The Morgan fingerprint density at radius 3 is 2.55 bits per heavy atom. The second kappa shape index (κ2) is 10.3. The van der Waals surface area contributed by atoms with Crippen LogP contribution in [0.25, 0.3) is 11.3 Å². The van der Waals surface area contributed by atoms with Gasteiger partial charge in [-0.15, -0.1) is 0 Å². The van der Waals surface area contributed by atoms with Crippen molar-refractivity contribution in [1.29, 1.82) is 0 Å². The maximum atomic E-state index is 6.47. The Kier molecular flexibility index (Phi) is 7.28. The quantitative estimate of drug-likeness (QED) is 0.407. The highest BCUT2D eigenvalue weighted by atomic mass is 35.5. The summed E-state index contributed by atoms with van der Waals surface area (Å²) in [6.07, 6.45) is 6.25. The lowest BCUT2D eigenvalue weighted by atomic mass is 9.86. The molecular formula is C24H27Cl2N5. The van der Waals surface area contributed by atoms with E-state index in [1.165, 1.54) is 0 Å². The van der Waals surface area contributed by atoms with E-state index in [-0.39, 0.29) is 0 Å². The molecule has 4 rings (SSSR count). The number of pyridine rings is 2. The number of hydrogen-bond donors (Lipinski definition) is 3. The fourth-order valence-electron chi connectivity index (χ4n) is 3.99. The topological polar surface area (TPSA) is 75.9 Å². The first-order valence-electron chi connectivity index (χ1n) is 10.7. The third kappa shape index (κ3) is 5.88. The first kappa shape index (κ1) is 21.9. The zero-order valence-electron chi connectivity index (χ0n) is 17.3. The summed E-state index contributed by atoms with van der Waals surface area (Å²) in [5.41, 5.74) is 8.57. The molecule has 1 aliphatic carbocycles. The molecule has 4 N–H and O–H groups in total.